The maximum atomic E-state index is 11.6. The Hall–Kier alpha value is -2.72. The second-order valence-corrected chi connectivity index (χ2v) is 4.88. The highest BCUT2D eigenvalue weighted by molar-refractivity contribution is 5.78. The number of rotatable bonds is 5. The Labute approximate surface area is 128 Å². The van der Waals surface area contributed by atoms with E-state index in [9.17, 15) is 4.79 Å². The van der Waals surface area contributed by atoms with Crippen molar-refractivity contribution in [1.82, 2.24) is 4.98 Å². The number of fused-ring (bicyclic) bond motifs is 1. The predicted octanol–water partition coefficient (Wildman–Crippen LogP) is 3.45. The average molecular weight is 293 g/mol. The third kappa shape index (κ3) is 3.68. The van der Waals surface area contributed by atoms with Crippen LogP contribution in [0.5, 0.6) is 0 Å². The lowest BCUT2D eigenvalue weighted by molar-refractivity contribution is -0.279. The molecule has 0 aliphatic heterocycles. The molecule has 1 heterocycles. The van der Waals surface area contributed by atoms with Crippen LogP contribution in [-0.2, 0) is 27.6 Å². The van der Waals surface area contributed by atoms with Crippen LogP contribution in [-0.4, -0.2) is 11.0 Å². The van der Waals surface area contributed by atoms with Gasteiger partial charge in [0.05, 0.1) is 17.6 Å². The summed E-state index contributed by atoms with van der Waals surface area (Å²) in [6.45, 7) is 0.130. The highest BCUT2D eigenvalue weighted by Gasteiger charge is 2.06. The van der Waals surface area contributed by atoms with Crippen molar-refractivity contribution in [3.8, 4) is 0 Å². The van der Waals surface area contributed by atoms with Gasteiger partial charge in [-0.05, 0) is 17.7 Å². The van der Waals surface area contributed by atoms with E-state index >= 15 is 0 Å². The molecule has 0 bridgehead atoms. The van der Waals surface area contributed by atoms with Crippen molar-refractivity contribution in [3.63, 3.8) is 0 Å². The summed E-state index contributed by atoms with van der Waals surface area (Å²) in [6, 6.07) is 21.0. The van der Waals surface area contributed by atoms with Crippen LogP contribution < -0.4 is 0 Å². The topological polar surface area (TPSA) is 48.4 Å². The highest BCUT2D eigenvalue weighted by atomic mass is 17.2. The molecule has 0 fully saturated rings. The van der Waals surface area contributed by atoms with Gasteiger partial charge >= 0.3 is 5.97 Å². The number of hydrogen-bond donors (Lipinski definition) is 0. The number of carbonyl (C=O) groups is 1. The molecule has 0 saturated heterocycles. The van der Waals surface area contributed by atoms with Crippen LogP contribution in [0.1, 0.15) is 11.3 Å². The Kier molecular flexibility index (Phi) is 4.41. The van der Waals surface area contributed by atoms with Crippen molar-refractivity contribution in [3.05, 3.63) is 78.0 Å². The zero-order valence-corrected chi connectivity index (χ0v) is 11.9. The second kappa shape index (κ2) is 6.83. The van der Waals surface area contributed by atoms with Crippen LogP contribution >= 0.6 is 0 Å². The minimum atomic E-state index is -0.424. The zero-order chi connectivity index (χ0) is 15.2. The van der Waals surface area contributed by atoms with E-state index in [0.29, 0.717) is 5.69 Å². The van der Waals surface area contributed by atoms with Crippen molar-refractivity contribution < 1.29 is 14.6 Å². The van der Waals surface area contributed by atoms with Gasteiger partial charge in [-0.3, -0.25) is 9.87 Å². The summed E-state index contributed by atoms with van der Waals surface area (Å²) in [5.74, 6) is -0.424. The Balaban J connectivity index is 1.52. The average Bonchev–Trinajstić information content (AvgIpc) is 2.55. The molecule has 0 radical (unpaired) electrons. The monoisotopic (exact) mass is 293 g/mol. The van der Waals surface area contributed by atoms with Crippen molar-refractivity contribution in [2.24, 2.45) is 0 Å². The van der Waals surface area contributed by atoms with Crippen molar-refractivity contribution >= 4 is 16.9 Å². The Bertz CT molecular complexity index is 771. The van der Waals surface area contributed by atoms with Gasteiger partial charge < -0.3 is 0 Å². The van der Waals surface area contributed by atoms with E-state index in [1.807, 2.05) is 66.7 Å². The third-order valence-electron chi connectivity index (χ3n) is 3.21. The van der Waals surface area contributed by atoms with E-state index in [4.69, 9.17) is 9.78 Å². The summed E-state index contributed by atoms with van der Waals surface area (Å²) in [5, 5.41) is 1.06. The van der Waals surface area contributed by atoms with Crippen LogP contribution in [0.25, 0.3) is 10.9 Å². The summed E-state index contributed by atoms with van der Waals surface area (Å²) in [5.41, 5.74) is 2.49. The highest BCUT2D eigenvalue weighted by Crippen LogP contribution is 2.12. The lowest BCUT2D eigenvalue weighted by Gasteiger charge is -2.05. The van der Waals surface area contributed by atoms with Crippen LogP contribution in [0.2, 0.25) is 0 Å². The first-order valence-electron chi connectivity index (χ1n) is 7.02. The summed E-state index contributed by atoms with van der Waals surface area (Å²) in [7, 11) is 0. The number of pyridine rings is 1. The molecule has 0 aliphatic carbocycles. The molecule has 110 valence electrons. The fourth-order valence-corrected chi connectivity index (χ4v) is 2.14. The fourth-order valence-electron chi connectivity index (χ4n) is 2.14. The minimum Gasteiger partial charge on any atom is -0.298 e. The van der Waals surface area contributed by atoms with Crippen molar-refractivity contribution in [2.45, 2.75) is 13.0 Å². The summed E-state index contributed by atoms with van der Waals surface area (Å²) >= 11 is 0. The van der Waals surface area contributed by atoms with E-state index in [-0.39, 0.29) is 13.0 Å². The first kappa shape index (κ1) is 14.2. The quantitative estimate of drug-likeness (QED) is 0.534. The van der Waals surface area contributed by atoms with Crippen LogP contribution in [0.3, 0.4) is 0 Å². The van der Waals surface area contributed by atoms with Crippen molar-refractivity contribution in [2.75, 3.05) is 0 Å². The molecule has 4 heteroatoms. The van der Waals surface area contributed by atoms with Gasteiger partial charge in [0.25, 0.3) is 0 Å². The largest absolute Gasteiger partial charge is 0.346 e. The van der Waals surface area contributed by atoms with E-state index < -0.39 is 5.97 Å². The van der Waals surface area contributed by atoms with E-state index in [2.05, 4.69) is 4.98 Å². The summed E-state index contributed by atoms with van der Waals surface area (Å²) in [4.78, 5) is 25.9. The fraction of sp³-hybridized carbons (Fsp3) is 0.111. The Morgan fingerprint density at radius 1 is 0.909 bits per heavy atom. The molecule has 3 aromatic rings. The number of aromatic nitrogens is 1. The molecule has 0 unspecified atom stereocenters. The first-order chi connectivity index (χ1) is 10.8. The van der Waals surface area contributed by atoms with Gasteiger partial charge in [0.2, 0.25) is 0 Å². The van der Waals surface area contributed by atoms with Gasteiger partial charge in [-0.2, -0.15) is 4.89 Å². The molecule has 0 aliphatic rings. The van der Waals surface area contributed by atoms with Gasteiger partial charge in [-0.25, -0.2) is 4.79 Å². The number of para-hydroxylation sites is 1. The Morgan fingerprint density at radius 2 is 1.68 bits per heavy atom. The zero-order valence-electron chi connectivity index (χ0n) is 11.9. The summed E-state index contributed by atoms with van der Waals surface area (Å²) in [6.07, 6.45) is 0.186. The molecule has 1 aromatic heterocycles. The third-order valence-corrected chi connectivity index (χ3v) is 3.21. The normalized spacial score (nSPS) is 10.5. The maximum absolute atomic E-state index is 11.6. The number of benzene rings is 2. The molecule has 0 spiro atoms. The van der Waals surface area contributed by atoms with Gasteiger partial charge in [-0.1, -0.05) is 54.6 Å². The molecular formula is C18H15NO3. The molecule has 22 heavy (non-hydrogen) atoms. The molecule has 4 nitrogen and oxygen atoms in total. The van der Waals surface area contributed by atoms with Gasteiger partial charge in [0.1, 0.15) is 6.61 Å². The van der Waals surface area contributed by atoms with E-state index in [0.717, 1.165) is 16.5 Å². The molecular weight excluding hydrogens is 278 g/mol. The molecule has 0 amide bonds. The van der Waals surface area contributed by atoms with Gasteiger partial charge in [0, 0.05) is 5.39 Å². The van der Waals surface area contributed by atoms with Crippen LogP contribution in [0.4, 0.5) is 0 Å². The Morgan fingerprint density at radius 3 is 2.55 bits per heavy atom. The minimum absolute atomic E-state index is 0.130. The lowest BCUT2D eigenvalue weighted by atomic mass is 10.2. The maximum Gasteiger partial charge on any atom is 0.346 e. The summed E-state index contributed by atoms with van der Waals surface area (Å²) < 4.78 is 0. The standard InChI is InChI=1S/C18H15NO3/c20-18(12-14-6-2-1-3-7-14)22-21-13-16-11-10-15-8-4-5-9-17(15)19-16/h1-11H,12-13H2. The first-order valence-corrected chi connectivity index (χ1v) is 7.02. The molecule has 0 N–H and O–H groups in total. The van der Waals surface area contributed by atoms with Gasteiger partial charge in [-0.15, -0.1) is 0 Å². The second-order valence-electron chi connectivity index (χ2n) is 4.88. The predicted molar refractivity (Wildman–Crippen MR) is 82.8 cm³/mol. The molecule has 0 atom stereocenters. The molecule has 2 aromatic carbocycles. The molecule has 3 rings (SSSR count). The molecule has 0 saturated carbocycles. The van der Waals surface area contributed by atoms with Crippen molar-refractivity contribution in [1.29, 1.82) is 0 Å². The number of nitrogens with zero attached hydrogens (tertiary/aromatic N) is 1. The smallest absolute Gasteiger partial charge is 0.298 e. The SMILES string of the molecule is O=C(Cc1ccccc1)OOCc1ccc2ccccc2n1. The van der Waals surface area contributed by atoms with E-state index in [1.165, 1.54) is 0 Å². The van der Waals surface area contributed by atoms with E-state index in [1.54, 1.807) is 0 Å². The number of carbonyl (C=O) groups excluding carboxylic acids is 1. The number of hydrogen-bond acceptors (Lipinski definition) is 4. The lowest BCUT2D eigenvalue weighted by Crippen LogP contribution is -2.09. The van der Waals surface area contributed by atoms with Crippen LogP contribution in [0, 0.1) is 0 Å². The van der Waals surface area contributed by atoms with Crippen LogP contribution in [0.15, 0.2) is 66.7 Å². The van der Waals surface area contributed by atoms with Gasteiger partial charge in [0.15, 0.2) is 0 Å².